The number of nitrogens with zero attached hydrogens (tertiary/aromatic N) is 4. The fraction of sp³-hybridized carbons (Fsp3) is 0.500. The SMILES string of the molecule is CC1(C)SC2C(NC(=O)Cc3ccsc3)C(=O)N2C1c1nnn[nH]1. The number of β-lactam (4-membered cyclic amide) rings is 1. The number of carbonyl (C=O) groups excluding carboxylic acids is 2. The highest BCUT2D eigenvalue weighted by Crippen LogP contribution is 2.56. The van der Waals surface area contributed by atoms with Crippen molar-refractivity contribution in [3.8, 4) is 0 Å². The van der Waals surface area contributed by atoms with E-state index >= 15 is 0 Å². The maximum atomic E-state index is 12.6. The van der Waals surface area contributed by atoms with Crippen molar-refractivity contribution in [3.63, 3.8) is 0 Å². The second kappa shape index (κ2) is 5.55. The largest absolute Gasteiger partial charge is 0.341 e. The summed E-state index contributed by atoms with van der Waals surface area (Å²) in [6.45, 7) is 4.11. The number of rotatable bonds is 4. The van der Waals surface area contributed by atoms with E-state index in [-0.39, 0.29) is 28.0 Å². The maximum absolute atomic E-state index is 12.6. The van der Waals surface area contributed by atoms with Crippen molar-refractivity contribution in [2.24, 2.45) is 0 Å². The molecular formula is C14H16N6O2S2. The summed E-state index contributed by atoms with van der Waals surface area (Å²) in [7, 11) is 0. The predicted molar refractivity (Wildman–Crippen MR) is 89.2 cm³/mol. The van der Waals surface area contributed by atoms with Gasteiger partial charge in [-0.05, 0) is 46.7 Å². The van der Waals surface area contributed by atoms with Crippen molar-refractivity contribution >= 4 is 34.9 Å². The molecular weight excluding hydrogens is 348 g/mol. The number of nitrogens with one attached hydrogen (secondary N) is 2. The van der Waals surface area contributed by atoms with Crippen LogP contribution in [0.15, 0.2) is 16.8 Å². The summed E-state index contributed by atoms with van der Waals surface area (Å²) >= 11 is 3.22. The van der Waals surface area contributed by atoms with Crippen LogP contribution in [0.2, 0.25) is 0 Å². The van der Waals surface area contributed by atoms with Gasteiger partial charge in [-0.3, -0.25) is 9.59 Å². The topological polar surface area (TPSA) is 104 Å². The van der Waals surface area contributed by atoms with Crippen molar-refractivity contribution in [2.45, 2.75) is 42.5 Å². The van der Waals surface area contributed by atoms with Crippen LogP contribution < -0.4 is 5.32 Å². The zero-order valence-electron chi connectivity index (χ0n) is 13.1. The maximum Gasteiger partial charge on any atom is 0.249 e. The molecule has 0 spiro atoms. The fourth-order valence-corrected chi connectivity index (χ4v) is 5.58. The Morgan fingerprint density at radius 1 is 1.50 bits per heavy atom. The molecule has 24 heavy (non-hydrogen) atoms. The van der Waals surface area contributed by atoms with Gasteiger partial charge in [0.2, 0.25) is 11.8 Å². The van der Waals surface area contributed by atoms with Crippen LogP contribution >= 0.6 is 23.1 Å². The zero-order valence-corrected chi connectivity index (χ0v) is 14.7. The minimum Gasteiger partial charge on any atom is -0.341 e. The third-order valence-electron chi connectivity index (χ3n) is 4.32. The van der Waals surface area contributed by atoms with E-state index in [4.69, 9.17) is 0 Å². The Bertz CT molecular complexity index is 760. The van der Waals surface area contributed by atoms with Gasteiger partial charge in [-0.2, -0.15) is 11.3 Å². The lowest BCUT2D eigenvalue weighted by atomic mass is 9.95. The molecule has 2 fully saturated rings. The number of aromatic amines is 1. The Hall–Kier alpha value is -1.94. The molecule has 2 aliphatic rings. The lowest BCUT2D eigenvalue weighted by Crippen LogP contribution is -2.68. The number of fused-ring (bicyclic) bond motifs is 1. The third kappa shape index (κ3) is 2.40. The molecule has 0 aromatic carbocycles. The van der Waals surface area contributed by atoms with Gasteiger partial charge >= 0.3 is 0 Å². The first kappa shape index (κ1) is 15.6. The smallest absolute Gasteiger partial charge is 0.249 e. The second-order valence-electron chi connectivity index (χ2n) is 6.40. The molecule has 2 aromatic heterocycles. The zero-order chi connectivity index (χ0) is 16.9. The molecule has 4 heterocycles. The van der Waals surface area contributed by atoms with E-state index in [1.54, 1.807) is 28.0 Å². The number of carbonyl (C=O) groups is 2. The first-order valence-electron chi connectivity index (χ1n) is 7.51. The molecule has 2 saturated heterocycles. The van der Waals surface area contributed by atoms with Crippen LogP contribution in [-0.2, 0) is 16.0 Å². The monoisotopic (exact) mass is 364 g/mol. The summed E-state index contributed by atoms with van der Waals surface area (Å²) in [6.07, 6.45) is 0.295. The van der Waals surface area contributed by atoms with E-state index in [0.29, 0.717) is 12.2 Å². The van der Waals surface area contributed by atoms with Crippen LogP contribution in [0.5, 0.6) is 0 Å². The molecule has 0 bridgehead atoms. The molecule has 126 valence electrons. The highest BCUT2D eigenvalue weighted by Gasteiger charge is 2.63. The van der Waals surface area contributed by atoms with Crippen molar-refractivity contribution in [1.82, 2.24) is 30.8 Å². The molecule has 0 saturated carbocycles. The summed E-state index contributed by atoms with van der Waals surface area (Å²) in [5.74, 6) is 0.360. The van der Waals surface area contributed by atoms with Gasteiger partial charge in [0.15, 0.2) is 5.82 Å². The molecule has 8 nitrogen and oxygen atoms in total. The van der Waals surface area contributed by atoms with Crippen molar-refractivity contribution in [2.75, 3.05) is 0 Å². The normalized spacial score (nSPS) is 27.7. The number of H-pyrrole nitrogens is 1. The molecule has 2 amide bonds. The number of thiophene rings is 1. The molecule has 3 atom stereocenters. The Kier molecular flexibility index (Phi) is 3.61. The number of hydrogen-bond donors (Lipinski definition) is 2. The van der Waals surface area contributed by atoms with E-state index in [2.05, 4.69) is 39.8 Å². The van der Waals surface area contributed by atoms with E-state index < -0.39 is 6.04 Å². The van der Waals surface area contributed by atoms with Gasteiger partial charge in [-0.15, -0.1) is 16.9 Å². The lowest BCUT2D eigenvalue weighted by molar-refractivity contribution is -0.151. The van der Waals surface area contributed by atoms with Crippen molar-refractivity contribution < 1.29 is 9.59 Å². The summed E-state index contributed by atoms with van der Waals surface area (Å²) in [6, 6.07) is 1.21. The molecule has 0 radical (unpaired) electrons. The molecule has 10 heteroatoms. The fourth-order valence-electron chi connectivity index (χ4n) is 3.28. The number of thioether (sulfide) groups is 1. The minimum atomic E-state index is -0.485. The van der Waals surface area contributed by atoms with Gasteiger partial charge in [-0.25, -0.2) is 5.10 Å². The summed E-state index contributed by atoms with van der Waals surface area (Å²) in [4.78, 5) is 26.6. The predicted octanol–water partition coefficient (Wildman–Crippen LogP) is 0.723. The number of aromatic nitrogens is 4. The second-order valence-corrected chi connectivity index (χ2v) is 8.95. The molecule has 2 aromatic rings. The Balaban J connectivity index is 1.48. The molecule has 0 aliphatic carbocycles. The molecule has 2 N–H and O–H groups in total. The minimum absolute atomic E-state index is 0.0851. The van der Waals surface area contributed by atoms with Gasteiger partial charge in [0.1, 0.15) is 17.5 Å². The first-order valence-corrected chi connectivity index (χ1v) is 9.33. The van der Waals surface area contributed by atoms with Crippen LogP contribution in [0.4, 0.5) is 0 Å². The van der Waals surface area contributed by atoms with E-state index in [0.717, 1.165) is 5.56 Å². The van der Waals surface area contributed by atoms with Gasteiger partial charge in [0, 0.05) is 4.75 Å². The average Bonchev–Trinajstić information content (AvgIpc) is 3.24. The van der Waals surface area contributed by atoms with Crippen molar-refractivity contribution in [1.29, 1.82) is 0 Å². The standard InChI is InChI=1S/C14H16N6O2S2/c1-14(2)10(11-16-18-19-17-11)20-12(22)9(13(20)24-14)15-8(21)5-7-3-4-23-6-7/h3-4,6,9-10,13H,5H2,1-2H3,(H,15,21)(H,16,17,18,19). The quantitative estimate of drug-likeness (QED) is 0.775. The average molecular weight is 364 g/mol. The van der Waals surface area contributed by atoms with E-state index in [9.17, 15) is 9.59 Å². The molecule has 2 aliphatic heterocycles. The Labute approximate surface area is 146 Å². The Morgan fingerprint density at radius 2 is 2.33 bits per heavy atom. The van der Waals surface area contributed by atoms with Gasteiger partial charge in [0.05, 0.1) is 6.42 Å². The van der Waals surface area contributed by atoms with Gasteiger partial charge in [0.25, 0.3) is 0 Å². The Morgan fingerprint density at radius 3 is 3.00 bits per heavy atom. The highest BCUT2D eigenvalue weighted by atomic mass is 32.2. The highest BCUT2D eigenvalue weighted by molar-refractivity contribution is 8.01. The number of hydrogen-bond acceptors (Lipinski definition) is 7. The van der Waals surface area contributed by atoms with Gasteiger partial charge in [-0.1, -0.05) is 0 Å². The van der Waals surface area contributed by atoms with E-state index in [1.807, 2.05) is 16.8 Å². The first-order chi connectivity index (χ1) is 11.5. The third-order valence-corrected chi connectivity index (χ3v) is 6.63. The summed E-state index contributed by atoms with van der Waals surface area (Å²) in [5.41, 5.74) is 0.964. The van der Waals surface area contributed by atoms with Crippen molar-refractivity contribution in [3.05, 3.63) is 28.2 Å². The lowest BCUT2D eigenvalue weighted by Gasteiger charge is -2.44. The number of amides is 2. The van der Waals surface area contributed by atoms with Gasteiger partial charge < -0.3 is 10.2 Å². The molecule has 3 unspecified atom stereocenters. The van der Waals surface area contributed by atoms with E-state index in [1.165, 1.54) is 0 Å². The van der Waals surface area contributed by atoms with Crippen LogP contribution in [0.3, 0.4) is 0 Å². The number of tetrazole rings is 1. The van der Waals surface area contributed by atoms with Crippen LogP contribution in [0.1, 0.15) is 31.3 Å². The van der Waals surface area contributed by atoms with Crippen LogP contribution in [0.25, 0.3) is 0 Å². The van der Waals surface area contributed by atoms with Crippen LogP contribution in [-0.4, -0.2) is 53.5 Å². The van der Waals surface area contributed by atoms with Crippen LogP contribution in [0, 0.1) is 0 Å². The summed E-state index contributed by atoms with van der Waals surface area (Å²) < 4.78 is -0.242. The summed E-state index contributed by atoms with van der Waals surface area (Å²) in [5, 5.41) is 20.6. The molecule has 4 rings (SSSR count).